The number of fused-ring (bicyclic) bond motifs is 2. The lowest BCUT2D eigenvalue weighted by Gasteiger charge is -2.34. The summed E-state index contributed by atoms with van der Waals surface area (Å²) in [4.78, 5) is 26.3. The van der Waals surface area contributed by atoms with E-state index >= 15 is 0 Å². The molecule has 2 amide bonds. The Morgan fingerprint density at radius 2 is 2.00 bits per heavy atom. The average molecular weight is 385 g/mol. The topological polar surface area (TPSA) is 123 Å². The van der Waals surface area contributed by atoms with Gasteiger partial charge in [0.25, 0.3) is 0 Å². The van der Waals surface area contributed by atoms with Gasteiger partial charge in [0.05, 0.1) is 17.5 Å². The molecule has 1 atom stereocenters. The van der Waals surface area contributed by atoms with Crippen LogP contribution < -0.4 is 5.32 Å². The Bertz CT molecular complexity index is 744. The second-order valence-electron chi connectivity index (χ2n) is 7.48. The molecule has 0 spiro atoms. The minimum atomic E-state index is -1.73. The van der Waals surface area contributed by atoms with E-state index < -0.39 is 24.7 Å². The van der Waals surface area contributed by atoms with Crippen molar-refractivity contribution in [2.24, 2.45) is 0 Å². The lowest BCUT2D eigenvalue weighted by atomic mass is 9.76. The number of nitrogens with zero attached hydrogens (tertiary/aromatic N) is 2. The number of nitriles is 1. The Labute approximate surface area is 164 Å². The molecule has 2 fully saturated rings. The first-order chi connectivity index (χ1) is 13.4. The number of ether oxygens (including phenoxy) is 1. The zero-order chi connectivity index (χ0) is 20.1. The normalized spacial score (nSPS) is 23.8. The van der Waals surface area contributed by atoms with Crippen LogP contribution in [0.3, 0.4) is 0 Å². The van der Waals surface area contributed by atoms with Gasteiger partial charge < -0.3 is 25.0 Å². The van der Waals surface area contributed by atoms with Crippen LogP contribution in [0.2, 0.25) is 0 Å². The van der Waals surface area contributed by atoms with Gasteiger partial charge in [-0.15, -0.1) is 0 Å². The van der Waals surface area contributed by atoms with Gasteiger partial charge in [-0.25, -0.2) is 4.79 Å². The Kier molecular flexibility index (Phi) is 6.22. The summed E-state index contributed by atoms with van der Waals surface area (Å²) in [5.41, 5.74) is 0.296. The third kappa shape index (κ3) is 4.29. The Hall–Kier alpha value is -2.57. The van der Waals surface area contributed by atoms with E-state index in [2.05, 4.69) is 5.32 Å². The number of carbonyl (C=O) groups excluding carboxylic acids is 2. The molecule has 8 nitrogen and oxygen atoms in total. The van der Waals surface area contributed by atoms with Gasteiger partial charge in [-0.1, -0.05) is 30.3 Å². The molecule has 1 unspecified atom stereocenters. The summed E-state index contributed by atoms with van der Waals surface area (Å²) in [7, 11) is -1.73. The van der Waals surface area contributed by atoms with Crippen LogP contribution in [-0.2, 0) is 16.0 Å². The molecule has 3 N–H and O–H groups in total. The molecule has 2 bridgehead atoms. The number of carbonyl (C=O) groups is 2. The maximum Gasteiger partial charge on any atom is 0.475 e. The Morgan fingerprint density at radius 3 is 2.61 bits per heavy atom. The summed E-state index contributed by atoms with van der Waals surface area (Å²) in [5.74, 6) is -1.14. The van der Waals surface area contributed by atoms with E-state index in [1.807, 2.05) is 36.4 Å². The predicted molar refractivity (Wildman–Crippen MR) is 101 cm³/mol. The van der Waals surface area contributed by atoms with E-state index in [0.717, 1.165) is 31.2 Å². The molecule has 0 aromatic heterocycles. The third-order valence-electron chi connectivity index (χ3n) is 5.69. The maximum atomic E-state index is 12.3. The smallest absolute Gasteiger partial charge is 0.447 e. The summed E-state index contributed by atoms with van der Waals surface area (Å²) in [6.45, 7) is 0.0338. The van der Waals surface area contributed by atoms with Crippen molar-refractivity contribution in [2.75, 3.05) is 6.61 Å². The van der Waals surface area contributed by atoms with E-state index in [0.29, 0.717) is 0 Å². The van der Waals surface area contributed by atoms with Crippen molar-refractivity contribution >= 4 is 19.1 Å². The van der Waals surface area contributed by atoms with Gasteiger partial charge in [-0.05, 0) is 37.7 Å². The third-order valence-corrected chi connectivity index (χ3v) is 5.69. The van der Waals surface area contributed by atoms with Crippen LogP contribution in [0.15, 0.2) is 30.3 Å². The molecule has 1 aromatic carbocycles. The molecule has 148 valence electrons. The minimum absolute atomic E-state index is 0.0338. The molecule has 0 aliphatic carbocycles. The van der Waals surface area contributed by atoms with Crippen LogP contribution in [-0.4, -0.2) is 58.2 Å². The fourth-order valence-corrected chi connectivity index (χ4v) is 4.35. The van der Waals surface area contributed by atoms with Gasteiger partial charge in [-0.3, -0.25) is 4.79 Å². The first kappa shape index (κ1) is 20.2. The van der Waals surface area contributed by atoms with E-state index in [-0.39, 0.29) is 31.4 Å². The lowest BCUT2D eigenvalue weighted by Crippen LogP contribution is -2.51. The number of nitrogens with one attached hydrogen (secondary N) is 1. The minimum Gasteiger partial charge on any atom is -0.447 e. The van der Waals surface area contributed by atoms with Crippen molar-refractivity contribution in [1.29, 1.82) is 5.26 Å². The van der Waals surface area contributed by atoms with E-state index in [1.165, 1.54) is 0 Å². The standard InChI is InChI=1S/C19H24BN3O5/c21-11-8-17(24)23-15-6-9-19(23,10-7-15)13-28-18(25)22-16(20(26)27)12-14-4-2-1-3-5-14/h1-5,15-16,26-27H,6-10,12-13H2,(H,22,25). The number of benzene rings is 1. The highest BCUT2D eigenvalue weighted by atomic mass is 16.6. The number of alkyl carbamates (subject to hydrolysis) is 1. The van der Waals surface area contributed by atoms with Gasteiger partial charge in [0, 0.05) is 6.04 Å². The summed E-state index contributed by atoms with van der Waals surface area (Å²) in [6, 6.07) is 11.2. The molecule has 2 aliphatic heterocycles. The van der Waals surface area contributed by atoms with Crippen molar-refractivity contribution in [3.05, 3.63) is 35.9 Å². The molecule has 1 aromatic rings. The summed E-state index contributed by atoms with van der Waals surface area (Å²) in [6.07, 6.45) is 2.46. The highest BCUT2D eigenvalue weighted by Crippen LogP contribution is 2.46. The van der Waals surface area contributed by atoms with Crippen molar-refractivity contribution in [3.8, 4) is 6.07 Å². The van der Waals surface area contributed by atoms with Crippen LogP contribution in [0, 0.1) is 11.3 Å². The van der Waals surface area contributed by atoms with Gasteiger partial charge in [0.15, 0.2) is 0 Å². The number of amides is 2. The molecular formula is C19H24BN3O5. The number of hydrogen-bond acceptors (Lipinski definition) is 6. The van der Waals surface area contributed by atoms with Gasteiger partial charge in [0.1, 0.15) is 13.0 Å². The summed E-state index contributed by atoms with van der Waals surface area (Å²) >= 11 is 0. The van der Waals surface area contributed by atoms with Crippen LogP contribution in [0.5, 0.6) is 0 Å². The fraction of sp³-hybridized carbons (Fsp3) is 0.526. The van der Waals surface area contributed by atoms with Crippen molar-refractivity contribution < 1.29 is 24.4 Å². The van der Waals surface area contributed by atoms with Crippen LogP contribution in [0.4, 0.5) is 4.79 Å². The monoisotopic (exact) mass is 385 g/mol. The molecule has 9 heteroatoms. The fourth-order valence-electron chi connectivity index (χ4n) is 4.35. The SMILES string of the molecule is N#CCC(=O)N1C2CCC1(COC(=O)NC(Cc1ccccc1)B(O)O)CC2. The van der Waals surface area contributed by atoms with Gasteiger partial charge in [-0.2, -0.15) is 5.26 Å². The molecule has 0 radical (unpaired) electrons. The zero-order valence-corrected chi connectivity index (χ0v) is 15.6. The highest BCUT2D eigenvalue weighted by molar-refractivity contribution is 6.43. The van der Waals surface area contributed by atoms with E-state index in [4.69, 9.17) is 10.00 Å². The zero-order valence-electron chi connectivity index (χ0n) is 15.6. The number of rotatable bonds is 7. The predicted octanol–water partition coefficient (Wildman–Crippen LogP) is 0.773. The Balaban J connectivity index is 1.58. The molecule has 28 heavy (non-hydrogen) atoms. The van der Waals surface area contributed by atoms with Crippen molar-refractivity contribution in [1.82, 2.24) is 10.2 Å². The lowest BCUT2D eigenvalue weighted by molar-refractivity contribution is -0.135. The largest absolute Gasteiger partial charge is 0.475 e. The van der Waals surface area contributed by atoms with E-state index in [9.17, 15) is 19.6 Å². The molecular weight excluding hydrogens is 361 g/mol. The quantitative estimate of drug-likeness (QED) is 0.596. The maximum absolute atomic E-state index is 12.3. The summed E-state index contributed by atoms with van der Waals surface area (Å²) < 4.78 is 5.37. The van der Waals surface area contributed by atoms with E-state index in [1.54, 1.807) is 4.90 Å². The van der Waals surface area contributed by atoms with Crippen molar-refractivity contribution in [3.63, 3.8) is 0 Å². The molecule has 0 saturated carbocycles. The highest BCUT2D eigenvalue weighted by Gasteiger charge is 2.54. The van der Waals surface area contributed by atoms with Crippen molar-refractivity contribution in [2.45, 2.75) is 56.0 Å². The molecule has 2 saturated heterocycles. The van der Waals surface area contributed by atoms with Crippen LogP contribution in [0.1, 0.15) is 37.7 Å². The number of hydrogen-bond donors (Lipinski definition) is 3. The molecule has 3 rings (SSSR count). The second-order valence-corrected chi connectivity index (χ2v) is 7.48. The van der Waals surface area contributed by atoms with Gasteiger partial charge in [0.2, 0.25) is 5.91 Å². The second kappa shape index (κ2) is 8.63. The molecule has 2 aliphatic rings. The summed E-state index contributed by atoms with van der Waals surface area (Å²) in [5, 5.41) is 30.5. The first-order valence-corrected chi connectivity index (χ1v) is 9.48. The Morgan fingerprint density at radius 1 is 1.32 bits per heavy atom. The van der Waals surface area contributed by atoms with Crippen LogP contribution >= 0.6 is 0 Å². The van der Waals surface area contributed by atoms with Gasteiger partial charge >= 0.3 is 13.2 Å². The first-order valence-electron chi connectivity index (χ1n) is 9.48. The molecule has 2 heterocycles. The van der Waals surface area contributed by atoms with Crippen LogP contribution in [0.25, 0.3) is 0 Å². The average Bonchev–Trinajstić information content (AvgIpc) is 3.23.